The molecule has 0 amide bonds. The van der Waals surface area contributed by atoms with Gasteiger partial charge in [0.25, 0.3) is 10.0 Å². The highest BCUT2D eigenvalue weighted by molar-refractivity contribution is 7.92. The number of benzene rings is 2. The third-order valence-electron chi connectivity index (χ3n) is 5.28. The minimum absolute atomic E-state index is 0.113. The van der Waals surface area contributed by atoms with Gasteiger partial charge in [-0.2, -0.15) is 0 Å². The Balaban J connectivity index is 1.86. The van der Waals surface area contributed by atoms with Crippen molar-refractivity contribution in [3.8, 4) is 0 Å². The minimum atomic E-state index is -3.80. The maximum atomic E-state index is 12.7. The number of carboxylic acid groups (broad SMARTS) is 1. The second-order valence-corrected chi connectivity index (χ2v) is 9.45. The molecule has 2 aromatic rings. The van der Waals surface area contributed by atoms with Crippen molar-refractivity contribution in [2.24, 2.45) is 0 Å². The topological polar surface area (TPSA) is 86.7 Å². The van der Waals surface area contributed by atoms with Crippen LogP contribution in [0.2, 0.25) is 0 Å². The molecule has 0 atom stereocenters. The van der Waals surface area contributed by atoms with Gasteiger partial charge in [-0.15, -0.1) is 0 Å². The third kappa shape index (κ3) is 5.09. The van der Waals surface area contributed by atoms with Crippen molar-refractivity contribution in [1.82, 2.24) is 0 Å². The normalized spacial score (nSPS) is 15.2. The lowest BCUT2D eigenvalue weighted by Crippen LogP contribution is -2.26. The molecule has 2 aromatic carbocycles. The molecule has 3 rings (SSSR count). The van der Waals surface area contributed by atoms with Crippen molar-refractivity contribution in [2.75, 3.05) is 22.7 Å². The maximum Gasteiger partial charge on any atom is 0.337 e. The van der Waals surface area contributed by atoms with Gasteiger partial charge in [-0.3, -0.25) is 4.72 Å². The molecule has 0 spiro atoms. The van der Waals surface area contributed by atoms with E-state index in [1.165, 1.54) is 6.07 Å². The summed E-state index contributed by atoms with van der Waals surface area (Å²) in [7, 11) is -3.80. The van der Waals surface area contributed by atoms with Crippen LogP contribution in [0.25, 0.3) is 0 Å². The van der Waals surface area contributed by atoms with Crippen LogP contribution in [0.1, 0.15) is 61.4 Å². The van der Waals surface area contributed by atoms with Crippen LogP contribution < -0.4 is 9.62 Å². The standard InChI is InChI=1S/C22H28N2O4S/c1-16(2)17-7-10-19(11-8-17)29(27,28)23-18-9-12-21(20(15-18)22(25)26)24-13-5-3-4-6-14-24/h7-12,15-16,23H,3-6,13-14H2,1-2H3,(H,25,26). The Kier molecular flexibility index (Phi) is 6.47. The SMILES string of the molecule is CC(C)c1ccc(S(=O)(=O)Nc2ccc(N3CCCCCC3)c(C(=O)O)c2)cc1. The van der Waals surface area contributed by atoms with E-state index in [4.69, 9.17) is 0 Å². The number of nitrogens with zero attached hydrogens (tertiary/aromatic N) is 1. The fourth-order valence-corrected chi connectivity index (χ4v) is 4.65. The average Bonchev–Trinajstić information content (AvgIpc) is 2.97. The summed E-state index contributed by atoms with van der Waals surface area (Å²) < 4.78 is 28.0. The molecule has 156 valence electrons. The van der Waals surface area contributed by atoms with Crippen LogP contribution in [0.5, 0.6) is 0 Å². The zero-order chi connectivity index (χ0) is 21.0. The van der Waals surface area contributed by atoms with Gasteiger partial charge < -0.3 is 10.0 Å². The van der Waals surface area contributed by atoms with Crippen molar-refractivity contribution in [1.29, 1.82) is 0 Å². The Hall–Kier alpha value is -2.54. The Morgan fingerprint density at radius 3 is 2.17 bits per heavy atom. The Bertz CT molecular complexity index is 961. The second kappa shape index (κ2) is 8.86. The van der Waals surface area contributed by atoms with Gasteiger partial charge in [0.1, 0.15) is 0 Å². The highest BCUT2D eigenvalue weighted by Gasteiger charge is 2.20. The van der Waals surface area contributed by atoms with Crippen LogP contribution in [0.15, 0.2) is 47.4 Å². The molecule has 1 aliphatic rings. The van der Waals surface area contributed by atoms with Crippen molar-refractivity contribution in [2.45, 2.75) is 50.3 Å². The number of nitrogens with one attached hydrogen (secondary N) is 1. The van der Waals surface area contributed by atoms with Gasteiger partial charge >= 0.3 is 5.97 Å². The molecule has 0 saturated carbocycles. The van der Waals surface area contributed by atoms with Gasteiger partial charge in [-0.1, -0.05) is 38.8 Å². The highest BCUT2D eigenvalue weighted by Crippen LogP contribution is 2.28. The second-order valence-electron chi connectivity index (χ2n) is 7.77. The summed E-state index contributed by atoms with van der Waals surface area (Å²) >= 11 is 0. The number of carbonyl (C=O) groups is 1. The predicted octanol–water partition coefficient (Wildman–Crippen LogP) is 4.69. The Morgan fingerprint density at radius 2 is 1.62 bits per heavy atom. The number of carboxylic acids is 1. The Morgan fingerprint density at radius 1 is 1.00 bits per heavy atom. The van der Waals surface area contributed by atoms with Crippen molar-refractivity contribution >= 4 is 27.4 Å². The lowest BCUT2D eigenvalue weighted by atomic mass is 10.0. The zero-order valence-corrected chi connectivity index (χ0v) is 17.7. The van der Waals surface area contributed by atoms with Gasteiger partial charge in [0.05, 0.1) is 16.1 Å². The molecular formula is C22H28N2O4S. The summed E-state index contributed by atoms with van der Waals surface area (Å²) in [5, 5.41) is 9.69. The number of sulfonamides is 1. The summed E-state index contributed by atoms with van der Waals surface area (Å²) in [5.41, 5.74) is 2.05. The smallest absolute Gasteiger partial charge is 0.337 e. The van der Waals surface area contributed by atoms with Crippen LogP contribution in [0, 0.1) is 0 Å². The fourth-order valence-electron chi connectivity index (χ4n) is 3.60. The molecule has 2 N–H and O–H groups in total. The predicted molar refractivity (Wildman–Crippen MR) is 115 cm³/mol. The number of hydrogen-bond acceptors (Lipinski definition) is 4. The first-order chi connectivity index (χ1) is 13.8. The van der Waals surface area contributed by atoms with Gasteiger partial charge in [0.15, 0.2) is 0 Å². The number of anilines is 2. The van der Waals surface area contributed by atoms with Crippen LogP contribution in [0.3, 0.4) is 0 Å². The molecule has 0 aromatic heterocycles. The van der Waals surface area contributed by atoms with Crippen LogP contribution in [-0.4, -0.2) is 32.6 Å². The summed E-state index contributed by atoms with van der Waals surface area (Å²) in [6.07, 6.45) is 4.35. The molecule has 1 heterocycles. The van der Waals surface area contributed by atoms with E-state index in [1.807, 2.05) is 13.8 Å². The summed E-state index contributed by atoms with van der Waals surface area (Å²) in [6.45, 7) is 5.71. The monoisotopic (exact) mass is 416 g/mol. The lowest BCUT2D eigenvalue weighted by molar-refractivity contribution is 0.0697. The molecule has 0 radical (unpaired) electrons. The maximum absolute atomic E-state index is 12.7. The van der Waals surface area contributed by atoms with E-state index in [0.29, 0.717) is 11.6 Å². The molecule has 1 fully saturated rings. The lowest BCUT2D eigenvalue weighted by Gasteiger charge is -2.25. The van der Waals surface area contributed by atoms with E-state index < -0.39 is 16.0 Å². The first-order valence-corrected chi connectivity index (χ1v) is 11.5. The van der Waals surface area contributed by atoms with Crippen molar-refractivity contribution < 1.29 is 18.3 Å². The van der Waals surface area contributed by atoms with Gasteiger partial charge in [-0.05, 0) is 54.7 Å². The minimum Gasteiger partial charge on any atom is -0.478 e. The van der Waals surface area contributed by atoms with E-state index in [2.05, 4.69) is 9.62 Å². The Labute approximate surface area is 172 Å². The zero-order valence-electron chi connectivity index (χ0n) is 16.9. The summed E-state index contributed by atoms with van der Waals surface area (Å²) in [5.74, 6) is -0.754. The highest BCUT2D eigenvalue weighted by atomic mass is 32.2. The van der Waals surface area contributed by atoms with E-state index in [0.717, 1.165) is 44.3 Å². The molecule has 6 nitrogen and oxygen atoms in total. The van der Waals surface area contributed by atoms with Gasteiger partial charge in [0.2, 0.25) is 0 Å². The molecule has 0 bridgehead atoms. The third-order valence-corrected chi connectivity index (χ3v) is 6.68. The molecule has 1 aliphatic heterocycles. The molecule has 0 unspecified atom stereocenters. The first-order valence-electron chi connectivity index (χ1n) is 10.0. The van der Waals surface area contributed by atoms with Gasteiger partial charge in [0, 0.05) is 18.8 Å². The van der Waals surface area contributed by atoms with Crippen LogP contribution in [0.4, 0.5) is 11.4 Å². The number of hydrogen-bond donors (Lipinski definition) is 2. The van der Waals surface area contributed by atoms with E-state index in [-0.39, 0.29) is 16.1 Å². The van der Waals surface area contributed by atoms with E-state index >= 15 is 0 Å². The molecular weight excluding hydrogens is 388 g/mol. The van der Waals surface area contributed by atoms with Crippen molar-refractivity contribution in [3.05, 3.63) is 53.6 Å². The van der Waals surface area contributed by atoms with Crippen molar-refractivity contribution in [3.63, 3.8) is 0 Å². The largest absolute Gasteiger partial charge is 0.478 e. The van der Waals surface area contributed by atoms with Gasteiger partial charge in [-0.25, -0.2) is 13.2 Å². The van der Waals surface area contributed by atoms with Crippen LogP contribution >= 0.6 is 0 Å². The van der Waals surface area contributed by atoms with E-state index in [1.54, 1.807) is 36.4 Å². The fraction of sp³-hybridized carbons (Fsp3) is 0.409. The summed E-state index contributed by atoms with van der Waals surface area (Å²) in [4.78, 5) is 14.1. The average molecular weight is 417 g/mol. The van der Waals surface area contributed by atoms with E-state index in [9.17, 15) is 18.3 Å². The number of rotatable bonds is 6. The molecule has 1 saturated heterocycles. The quantitative estimate of drug-likeness (QED) is 0.713. The first kappa shape index (κ1) is 21.2. The molecule has 0 aliphatic carbocycles. The summed E-state index contributed by atoms with van der Waals surface area (Å²) in [6, 6.07) is 11.5. The number of aromatic carboxylic acids is 1. The van der Waals surface area contributed by atoms with Crippen LogP contribution in [-0.2, 0) is 10.0 Å². The molecule has 29 heavy (non-hydrogen) atoms. The molecule has 7 heteroatoms.